The fourth-order valence-electron chi connectivity index (χ4n) is 7.70. The Balaban J connectivity index is 1.38. The molecule has 10 nitrogen and oxygen atoms in total. The lowest BCUT2D eigenvalue weighted by Crippen LogP contribution is -2.36. The van der Waals surface area contributed by atoms with Crippen molar-refractivity contribution in [2.75, 3.05) is 5.32 Å². The first-order valence-corrected chi connectivity index (χ1v) is 18.9. The van der Waals surface area contributed by atoms with E-state index in [0.717, 1.165) is 12.1 Å². The molecule has 0 spiro atoms. The number of hydrogen-bond donors (Lipinski definition) is 3. The van der Waals surface area contributed by atoms with Crippen molar-refractivity contribution in [1.82, 2.24) is 29.9 Å². The SMILES string of the molecule is CC(C)C(=O)Nc1nn(C)c2c(-c3ccc(C#CC(C)(C)O)nc3[C@H](Cc3cc(F)cc(F)c3)NC(=O)Cn3nc(C(F)F)c4c3C(F)(F)[C@@H]3CC[C@H]43)ccc(Cl)c12. The Hall–Kier alpha value is -5.40. The van der Waals surface area contributed by atoms with Crippen LogP contribution in [0.2, 0.25) is 5.02 Å². The molecule has 2 aliphatic carbocycles. The first kappa shape index (κ1) is 40.8. The van der Waals surface area contributed by atoms with E-state index in [1.165, 1.54) is 18.5 Å². The number of carbonyl (C=O) groups is 2. The summed E-state index contributed by atoms with van der Waals surface area (Å²) in [5, 5.41) is 24.8. The minimum atomic E-state index is -3.50. The van der Waals surface area contributed by atoms with Gasteiger partial charge in [0, 0.05) is 41.6 Å². The summed E-state index contributed by atoms with van der Waals surface area (Å²) in [5.41, 5.74) is -1.71. The Morgan fingerprint density at radius 1 is 1.03 bits per heavy atom. The van der Waals surface area contributed by atoms with Crippen molar-refractivity contribution in [2.24, 2.45) is 18.9 Å². The second-order valence-corrected chi connectivity index (χ2v) is 15.9. The molecule has 2 aromatic carbocycles. The molecule has 0 radical (unpaired) electrons. The van der Waals surface area contributed by atoms with Crippen molar-refractivity contribution in [3.63, 3.8) is 0 Å². The van der Waals surface area contributed by atoms with Crippen LogP contribution in [0.1, 0.15) is 92.8 Å². The molecule has 5 aromatic rings. The van der Waals surface area contributed by atoms with Gasteiger partial charge in [-0.2, -0.15) is 19.0 Å². The first-order chi connectivity index (χ1) is 27.2. The van der Waals surface area contributed by atoms with Crippen LogP contribution in [0.25, 0.3) is 22.0 Å². The zero-order chi connectivity index (χ0) is 42.0. The van der Waals surface area contributed by atoms with E-state index in [0.29, 0.717) is 39.2 Å². The number of anilines is 1. The van der Waals surface area contributed by atoms with E-state index in [1.54, 1.807) is 45.2 Å². The summed E-state index contributed by atoms with van der Waals surface area (Å²) in [7, 11) is 1.62. The molecular weight excluding hydrogens is 788 g/mol. The second kappa shape index (κ2) is 15.1. The molecule has 58 heavy (non-hydrogen) atoms. The highest BCUT2D eigenvalue weighted by Crippen LogP contribution is 2.63. The van der Waals surface area contributed by atoms with Crippen molar-refractivity contribution in [3.8, 4) is 23.0 Å². The van der Waals surface area contributed by atoms with Crippen molar-refractivity contribution in [1.29, 1.82) is 0 Å². The monoisotopic (exact) mass is 825 g/mol. The number of rotatable bonds is 10. The molecule has 3 atom stereocenters. The van der Waals surface area contributed by atoms with Crippen LogP contribution in [0.4, 0.5) is 32.2 Å². The Bertz CT molecular complexity index is 2510. The van der Waals surface area contributed by atoms with Gasteiger partial charge in [-0.1, -0.05) is 37.4 Å². The summed E-state index contributed by atoms with van der Waals surface area (Å²) in [6.07, 6.45) is -3.04. The summed E-state index contributed by atoms with van der Waals surface area (Å²) in [5.74, 6) is -3.32. The van der Waals surface area contributed by atoms with Crippen molar-refractivity contribution in [3.05, 3.63) is 93.0 Å². The quantitative estimate of drug-likeness (QED) is 0.0965. The van der Waals surface area contributed by atoms with Gasteiger partial charge in [0.05, 0.1) is 27.7 Å². The van der Waals surface area contributed by atoms with Gasteiger partial charge in [0.2, 0.25) is 11.8 Å². The molecule has 0 bridgehead atoms. The molecule has 1 saturated carbocycles. The molecule has 0 saturated heterocycles. The lowest BCUT2D eigenvalue weighted by Gasteiger charge is -2.34. The average molecular weight is 826 g/mol. The number of halogens is 7. The van der Waals surface area contributed by atoms with E-state index in [2.05, 4.69) is 32.7 Å². The number of benzene rings is 2. The molecule has 1 fully saturated rings. The van der Waals surface area contributed by atoms with Crippen LogP contribution < -0.4 is 10.6 Å². The van der Waals surface area contributed by atoms with Crippen LogP contribution >= 0.6 is 11.6 Å². The van der Waals surface area contributed by atoms with E-state index in [-0.39, 0.29) is 52.1 Å². The number of fused-ring (bicyclic) bond motifs is 4. The fourth-order valence-corrected chi connectivity index (χ4v) is 7.94. The number of nitrogens with zero attached hydrogens (tertiary/aromatic N) is 5. The smallest absolute Gasteiger partial charge is 0.293 e. The number of amides is 2. The van der Waals surface area contributed by atoms with Crippen LogP contribution in [0.5, 0.6) is 0 Å². The number of aliphatic hydroxyl groups is 1. The maximum atomic E-state index is 15.7. The van der Waals surface area contributed by atoms with Crippen LogP contribution in [0.3, 0.4) is 0 Å². The number of hydrogen-bond acceptors (Lipinski definition) is 6. The standard InChI is InChI=1S/C41H38ClF6N7O3/c1-19(2)39(57)51-38-32-28(42)11-9-25(35(32)54(5)53-38)24-7-6-23(12-13-40(3,4)58)49-33(24)29(16-20-14-21(43)17-22(44)15-20)50-30(56)18-55-36-31(34(52-55)37(45)46)26-8-10-27(26)41(36,47)48/h6-7,9,11,14-15,17,19,26-27,29,37,58H,8,10,16,18H2,1-5H3,(H,50,56)(H,51,53,57)/t26-,27+,29-/m0/s1. The Labute approximate surface area is 334 Å². The average Bonchev–Trinajstić information content (AvgIpc) is 3.68. The molecule has 0 unspecified atom stereocenters. The number of pyridine rings is 1. The number of nitrogens with one attached hydrogen (secondary N) is 2. The topological polar surface area (TPSA) is 127 Å². The molecule has 3 heterocycles. The van der Waals surface area contributed by atoms with Gasteiger partial charge >= 0.3 is 0 Å². The zero-order valence-corrected chi connectivity index (χ0v) is 32.7. The lowest BCUT2D eigenvalue weighted by atomic mass is 9.73. The van der Waals surface area contributed by atoms with Gasteiger partial charge in [0.15, 0.2) is 5.82 Å². The van der Waals surface area contributed by atoms with Gasteiger partial charge in [-0.05, 0) is 80.8 Å². The number of alkyl halides is 4. The third-order valence-corrected chi connectivity index (χ3v) is 10.7. The van der Waals surface area contributed by atoms with E-state index in [4.69, 9.17) is 16.6 Å². The van der Waals surface area contributed by atoms with E-state index >= 15 is 8.78 Å². The van der Waals surface area contributed by atoms with Gasteiger partial charge < -0.3 is 15.7 Å². The normalized spacial score (nSPS) is 17.4. The minimum absolute atomic E-state index is 0.0760. The minimum Gasteiger partial charge on any atom is -0.378 e. The largest absolute Gasteiger partial charge is 0.378 e. The molecule has 304 valence electrons. The first-order valence-electron chi connectivity index (χ1n) is 18.5. The van der Waals surface area contributed by atoms with Gasteiger partial charge in [-0.25, -0.2) is 22.5 Å². The highest BCUT2D eigenvalue weighted by molar-refractivity contribution is 6.37. The van der Waals surface area contributed by atoms with Crippen LogP contribution in [0.15, 0.2) is 42.5 Å². The molecular formula is C41H38ClF6N7O3. The summed E-state index contributed by atoms with van der Waals surface area (Å²) in [6, 6.07) is 7.89. The van der Waals surface area contributed by atoms with Crippen LogP contribution in [0, 0.1) is 35.3 Å². The lowest BCUT2D eigenvalue weighted by molar-refractivity contribution is -0.123. The highest BCUT2D eigenvalue weighted by Gasteiger charge is 2.62. The van der Waals surface area contributed by atoms with E-state index in [1.807, 2.05) is 0 Å². The number of carbonyl (C=O) groups excluding carboxylic acids is 2. The van der Waals surface area contributed by atoms with Crippen LogP contribution in [-0.4, -0.2) is 47.1 Å². The van der Waals surface area contributed by atoms with Crippen molar-refractivity contribution >= 4 is 40.1 Å². The predicted molar refractivity (Wildman–Crippen MR) is 203 cm³/mol. The van der Waals surface area contributed by atoms with Gasteiger partial charge in [-0.3, -0.25) is 19.0 Å². The molecule has 2 aliphatic rings. The maximum absolute atomic E-state index is 15.7. The van der Waals surface area contributed by atoms with Gasteiger partial charge in [-0.15, -0.1) is 0 Å². The Morgan fingerprint density at radius 3 is 2.34 bits per heavy atom. The zero-order valence-electron chi connectivity index (χ0n) is 31.9. The fraction of sp³-hybridized carbons (Fsp3) is 0.390. The third-order valence-electron chi connectivity index (χ3n) is 10.4. The predicted octanol–water partition coefficient (Wildman–Crippen LogP) is 8.12. The Kier molecular flexibility index (Phi) is 10.6. The summed E-state index contributed by atoms with van der Waals surface area (Å²) in [6.45, 7) is 5.44. The molecule has 0 aliphatic heterocycles. The van der Waals surface area contributed by atoms with E-state index < -0.39 is 77.2 Å². The maximum Gasteiger partial charge on any atom is 0.293 e. The van der Waals surface area contributed by atoms with Crippen LogP contribution in [-0.2, 0) is 35.5 Å². The molecule has 3 N–H and O–H groups in total. The number of aromatic nitrogens is 5. The second-order valence-electron chi connectivity index (χ2n) is 15.5. The van der Waals surface area contributed by atoms with E-state index in [9.17, 15) is 32.3 Å². The summed E-state index contributed by atoms with van der Waals surface area (Å²) in [4.78, 5) is 31.5. The third kappa shape index (κ3) is 7.65. The van der Waals surface area contributed by atoms with Gasteiger partial charge in [0.25, 0.3) is 12.3 Å². The Morgan fingerprint density at radius 2 is 1.72 bits per heavy atom. The van der Waals surface area contributed by atoms with Crippen molar-refractivity contribution < 1.29 is 41.0 Å². The van der Waals surface area contributed by atoms with Crippen molar-refractivity contribution in [2.45, 2.75) is 83.4 Å². The summed E-state index contributed by atoms with van der Waals surface area (Å²) < 4.78 is 91.0. The molecule has 17 heteroatoms. The molecule has 3 aromatic heterocycles. The summed E-state index contributed by atoms with van der Waals surface area (Å²) >= 11 is 6.70. The molecule has 2 amide bonds. The highest BCUT2D eigenvalue weighted by atomic mass is 35.5. The van der Waals surface area contributed by atoms with Gasteiger partial charge in [0.1, 0.15) is 40.9 Å². The number of aryl methyl sites for hydroxylation is 1. The molecule has 7 rings (SSSR count).